The first-order chi connectivity index (χ1) is 8.56. The Morgan fingerprint density at radius 1 is 1.22 bits per heavy atom. The molecule has 0 bridgehead atoms. The van der Waals surface area contributed by atoms with Crippen molar-refractivity contribution in [3.8, 4) is 0 Å². The Balaban J connectivity index is 2.35. The number of ether oxygens (including phenoxy) is 1. The summed E-state index contributed by atoms with van der Waals surface area (Å²) in [6.45, 7) is 1.22. The summed E-state index contributed by atoms with van der Waals surface area (Å²) < 4.78 is 5.49. The summed E-state index contributed by atoms with van der Waals surface area (Å²) in [5.41, 5.74) is 0.847. The molecule has 0 fully saturated rings. The molecule has 0 atom stereocenters. The highest BCUT2D eigenvalue weighted by molar-refractivity contribution is 9.10. The van der Waals surface area contributed by atoms with E-state index in [-0.39, 0.29) is 6.42 Å². The molecule has 4 heteroatoms. The van der Waals surface area contributed by atoms with Gasteiger partial charge in [-0.1, -0.05) is 40.2 Å². The van der Waals surface area contributed by atoms with Crippen molar-refractivity contribution in [2.24, 2.45) is 0 Å². The highest BCUT2D eigenvalue weighted by Crippen LogP contribution is 2.23. The summed E-state index contributed by atoms with van der Waals surface area (Å²) >= 11 is 3.40. The summed E-state index contributed by atoms with van der Waals surface area (Å²) in [4.78, 5) is 22.2. The number of benzene rings is 2. The number of rotatable bonds is 2. The zero-order valence-corrected chi connectivity index (χ0v) is 11.4. The molecule has 0 heterocycles. The van der Waals surface area contributed by atoms with Gasteiger partial charge in [-0.05, 0) is 28.5 Å². The summed E-state index contributed by atoms with van der Waals surface area (Å²) in [5, 5.41) is 2.03. The van der Waals surface area contributed by atoms with E-state index in [1.165, 1.54) is 6.92 Å². The molecule has 18 heavy (non-hydrogen) atoms. The lowest BCUT2D eigenvalue weighted by Gasteiger charge is -2.06. The summed E-state index contributed by atoms with van der Waals surface area (Å²) in [6.07, 6.45) is 0.0906. The molecule has 0 N–H and O–H groups in total. The van der Waals surface area contributed by atoms with Gasteiger partial charge in [0.05, 0.1) is 6.42 Å². The molecule has 0 spiro atoms. The fraction of sp³-hybridized carbons (Fsp3) is 0.143. The van der Waals surface area contributed by atoms with Crippen LogP contribution in [0.25, 0.3) is 10.8 Å². The topological polar surface area (TPSA) is 43.4 Å². The third-order valence-corrected chi connectivity index (χ3v) is 3.02. The first-order valence-corrected chi connectivity index (χ1v) is 6.24. The van der Waals surface area contributed by atoms with Crippen molar-refractivity contribution in [1.29, 1.82) is 0 Å². The van der Waals surface area contributed by atoms with Crippen molar-refractivity contribution >= 4 is 38.6 Å². The molecule has 0 aliphatic carbocycles. The van der Waals surface area contributed by atoms with Gasteiger partial charge in [0, 0.05) is 11.4 Å². The molecule has 92 valence electrons. The summed E-state index contributed by atoms with van der Waals surface area (Å²) in [7, 11) is 0. The average molecular weight is 307 g/mol. The van der Waals surface area contributed by atoms with Crippen molar-refractivity contribution in [1.82, 2.24) is 0 Å². The Bertz CT molecular complexity index is 619. The molecular formula is C14H11BrO3. The van der Waals surface area contributed by atoms with E-state index in [4.69, 9.17) is 0 Å². The molecule has 0 radical (unpaired) electrons. The second-order valence-corrected chi connectivity index (χ2v) is 4.84. The van der Waals surface area contributed by atoms with E-state index in [0.717, 1.165) is 20.8 Å². The van der Waals surface area contributed by atoms with Crippen LogP contribution in [0, 0.1) is 0 Å². The van der Waals surface area contributed by atoms with Gasteiger partial charge in [-0.3, -0.25) is 9.59 Å². The molecule has 2 rings (SSSR count). The Morgan fingerprint density at radius 2 is 2.00 bits per heavy atom. The SMILES string of the molecule is CC(=O)OC(=O)Cc1cccc2ccc(Br)cc12. The molecule has 2 aromatic carbocycles. The minimum atomic E-state index is -0.582. The zero-order chi connectivity index (χ0) is 13.1. The first-order valence-electron chi connectivity index (χ1n) is 5.44. The van der Waals surface area contributed by atoms with E-state index in [2.05, 4.69) is 20.7 Å². The summed E-state index contributed by atoms with van der Waals surface area (Å²) in [5.74, 6) is -1.11. The van der Waals surface area contributed by atoms with E-state index < -0.39 is 11.9 Å². The van der Waals surface area contributed by atoms with Gasteiger partial charge in [-0.25, -0.2) is 0 Å². The molecule has 3 nitrogen and oxygen atoms in total. The van der Waals surface area contributed by atoms with E-state index in [9.17, 15) is 9.59 Å². The predicted octanol–water partition coefficient (Wildman–Crippen LogP) is 3.23. The van der Waals surface area contributed by atoms with Gasteiger partial charge in [0.25, 0.3) is 0 Å². The number of hydrogen-bond acceptors (Lipinski definition) is 3. The van der Waals surface area contributed by atoms with Crippen LogP contribution in [0.2, 0.25) is 0 Å². The zero-order valence-electron chi connectivity index (χ0n) is 9.77. The third-order valence-electron chi connectivity index (χ3n) is 2.53. The van der Waals surface area contributed by atoms with Crippen molar-refractivity contribution in [2.75, 3.05) is 0 Å². The number of carbonyl (C=O) groups is 2. The Kier molecular flexibility index (Phi) is 3.77. The number of halogens is 1. The number of fused-ring (bicyclic) bond motifs is 1. The molecule has 2 aromatic rings. The van der Waals surface area contributed by atoms with Gasteiger partial charge >= 0.3 is 11.9 Å². The van der Waals surface area contributed by atoms with Crippen molar-refractivity contribution in [3.05, 3.63) is 46.4 Å². The molecule has 0 unspecified atom stereocenters. The van der Waals surface area contributed by atoms with Crippen molar-refractivity contribution in [2.45, 2.75) is 13.3 Å². The summed E-state index contributed by atoms with van der Waals surface area (Å²) in [6, 6.07) is 11.6. The first kappa shape index (κ1) is 12.8. The average Bonchev–Trinajstić information content (AvgIpc) is 2.28. The third kappa shape index (κ3) is 2.96. The number of carbonyl (C=O) groups excluding carboxylic acids is 2. The number of hydrogen-bond donors (Lipinski definition) is 0. The quantitative estimate of drug-likeness (QED) is 0.632. The molecule has 0 saturated carbocycles. The monoisotopic (exact) mass is 306 g/mol. The van der Waals surface area contributed by atoms with Crippen LogP contribution < -0.4 is 0 Å². The lowest BCUT2D eigenvalue weighted by Crippen LogP contribution is -2.11. The predicted molar refractivity (Wildman–Crippen MR) is 72.1 cm³/mol. The maximum atomic E-state index is 11.5. The Hall–Kier alpha value is -1.68. The minimum absolute atomic E-state index is 0.0906. The van der Waals surface area contributed by atoms with E-state index in [1.54, 1.807) is 0 Å². The van der Waals surface area contributed by atoms with Gasteiger partial charge in [0.2, 0.25) is 0 Å². The molecule has 0 aliphatic rings. The van der Waals surface area contributed by atoms with Crippen LogP contribution in [0.4, 0.5) is 0 Å². The van der Waals surface area contributed by atoms with E-state index >= 15 is 0 Å². The molecule has 0 aromatic heterocycles. The van der Waals surface area contributed by atoms with Crippen molar-refractivity contribution in [3.63, 3.8) is 0 Å². The molecule has 0 saturated heterocycles. The second-order valence-electron chi connectivity index (χ2n) is 3.93. The minimum Gasteiger partial charge on any atom is -0.393 e. The van der Waals surface area contributed by atoms with E-state index in [1.807, 2.05) is 36.4 Å². The van der Waals surface area contributed by atoms with Crippen LogP contribution in [0.3, 0.4) is 0 Å². The van der Waals surface area contributed by atoms with Gasteiger partial charge < -0.3 is 4.74 Å². The molecular weight excluding hydrogens is 296 g/mol. The van der Waals surface area contributed by atoms with Crippen LogP contribution >= 0.6 is 15.9 Å². The van der Waals surface area contributed by atoms with Gasteiger partial charge in [-0.2, -0.15) is 0 Å². The second kappa shape index (κ2) is 5.31. The fourth-order valence-electron chi connectivity index (χ4n) is 1.82. The lowest BCUT2D eigenvalue weighted by atomic mass is 10.0. The largest absolute Gasteiger partial charge is 0.393 e. The van der Waals surface area contributed by atoms with Crippen LogP contribution in [0.5, 0.6) is 0 Å². The Labute approximate surface area is 113 Å². The smallest absolute Gasteiger partial charge is 0.317 e. The highest BCUT2D eigenvalue weighted by Gasteiger charge is 2.10. The fourth-order valence-corrected chi connectivity index (χ4v) is 2.18. The standard InChI is InChI=1S/C14H11BrO3/c1-9(16)18-14(17)7-11-4-2-3-10-5-6-12(15)8-13(10)11/h2-6,8H,7H2,1H3. The normalized spacial score (nSPS) is 10.3. The molecule has 0 amide bonds. The lowest BCUT2D eigenvalue weighted by molar-refractivity contribution is -0.157. The van der Waals surface area contributed by atoms with Crippen LogP contribution in [0.15, 0.2) is 40.9 Å². The maximum Gasteiger partial charge on any atom is 0.317 e. The van der Waals surface area contributed by atoms with Crippen LogP contribution in [-0.2, 0) is 20.7 Å². The Morgan fingerprint density at radius 3 is 2.72 bits per heavy atom. The van der Waals surface area contributed by atoms with E-state index in [0.29, 0.717) is 0 Å². The van der Waals surface area contributed by atoms with Gasteiger partial charge in [0.1, 0.15) is 0 Å². The van der Waals surface area contributed by atoms with Crippen LogP contribution in [-0.4, -0.2) is 11.9 Å². The maximum absolute atomic E-state index is 11.5. The molecule has 0 aliphatic heterocycles. The van der Waals surface area contributed by atoms with Gasteiger partial charge in [-0.15, -0.1) is 0 Å². The number of esters is 2. The van der Waals surface area contributed by atoms with Crippen molar-refractivity contribution < 1.29 is 14.3 Å². The van der Waals surface area contributed by atoms with Gasteiger partial charge in [0.15, 0.2) is 0 Å². The highest BCUT2D eigenvalue weighted by atomic mass is 79.9. The van der Waals surface area contributed by atoms with Crippen LogP contribution in [0.1, 0.15) is 12.5 Å².